The van der Waals surface area contributed by atoms with E-state index in [-0.39, 0.29) is 25.0 Å². The van der Waals surface area contributed by atoms with Crippen molar-refractivity contribution in [3.63, 3.8) is 0 Å². The van der Waals surface area contributed by atoms with Crippen LogP contribution in [-0.2, 0) is 9.59 Å². The lowest BCUT2D eigenvalue weighted by Crippen LogP contribution is -2.46. The summed E-state index contributed by atoms with van der Waals surface area (Å²) in [5.41, 5.74) is 0.666. The fourth-order valence-electron chi connectivity index (χ4n) is 2.14. The Kier molecular flexibility index (Phi) is 4.04. The minimum Gasteiger partial charge on any atom is -0.482 e. The number of carbonyl (C=O) groups excluding carboxylic acids is 2. The first-order chi connectivity index (χ1) is 9.17. The number of nitrogens with zero attached hydrogens (tertiary/aromatic N) is 2. The van der Waals surface area contributed by atoms with Crippen molar-refractivity contribution < 1.29 is 14.3 Å². The molecule has 2 amide bonds. The third kappa shape index (κ3) is 2.70. The number of rotatable bonds is 4. The Bertz CT molecular complexity index is 483. The van der Waals surface area contributed by atoms with Gasteiger partial charge in [-0.3, -0.25) is 14.5 Å². The first kappa shape index (κ1) is 13.4. The highest BCUT2D eigenvalue weighted by Gasteiger charge is 2.27. The maximum atomic E-state index is 12.1. The molecule has 0 unspecified atom stereocenters. The van der Waals surface area contributed by atoms with E-state index in [2.05, 4.69) is 0 Å². The molecule has 2 rings (SSSR count). The third-order valence-corrected chi connectivity index (χ3v) is 3.22. The van der Waals surface area contributed by atoms with Crippen LogP contribution >= 0.6 is 0 Å². The maximum absolute atomic E-state index is 12.1. The number of carbonyl (C=O) groups is 2. The highest BCUT2D eigenvalue weighted by molar-refractivity contribution is 6.02. The Morgan fingerprint density at radius 2 is 2.00 bits per heavy atom. The van der Waals surface area contributed by atoms with Crippen LogP contribution in [0.2, 0.25) is 0 Å². The number of hydrogen-bond acceptors (Lipinski definition) is 3. The van der Waals surface area contributed by atoms with Gasteiger partial charge in [0, 0.05) is 13.1 Å². The number of para-hydroxylation sites is 2. The van der Waals surface area contributed by atoms with Gasteiger partial charge < -0.3 is 9.64 Å². The molecule has 1 heterocycles. The van der Waals surface area contributed by atoms with Gasteiger partial charge in [-0.1, -0.05) is 12.1 Å². The normalized spacial score (nSPS) is 13.8. The van der Waals surface area contributed by atoms with Crippen molar-refractivity contribution in [2.45, 2.75) is 13.8 Å². The molecule has 102 valence electrons. The summed E-state index contributed by atoms with van der Waals surface area (Å²) in [6.45, 7) is 5.21. The van der Waals surface area contributed by atoms with Crippen LogP contribution in [-0.4, -0.2) is 43.0 Å². The van der Waals surface area contributed by atoms with E-state index in [1.807, 2.05) is 26.0 Å². The Morgan fingerprint density at radius 1 is 1.32 bits per heavy atom. The second-order valence-electron chi connectivity index (χ2n) is 4.30. The zero-order valence-corrected chi connectivity index (χ0v) is 11.3. The van der Waals surface area contributed by atoms with Gasteiger partial charge in [0.05, 0.1) is 5.69 Å². The minimum absolute atomic E-state index is 0.0114. The van der Waals surface area contributed by atoms with Crippen LogP contribution in [0.5, 0.6) is 5.75 Å². The van der Waals surface area contributed by atoms with Crippen molar-refractivity contribution in [3.8, 4) is 5.75 Å². The summed E-state index contributed by atoms with van der Waals surface area (Å²) in [6.07, 6.45) is 0. The van der Waals surface area contributed by atoms with Crippen LogP contribution in [0.1, 0.15) is 13.8 Å². The molecule has 0 saturated heterocycles. The summed E-state index contributed by atoms with van der Waals surface area (Å²) in [7, 11) is 0. The Morgan fingerprint density at radius 3 is 2.68 bits per heavy atom. The predicted octanol–water partition coefficient (Wildman–Crippen LogP) is 1.28. The quantitative estimate of drug-likeness (QED) is 0.821. The molecule has 0 spiro atoms. The molecule has 1 aromatic rings. The standard InChI is InChI=1S/C14H18N2O3/c1-3-15(4-2)13(17)9-16-11-7-5-6-8-12(11)19-10-14(16)18/h5-8H,3-4,9-10H2,1-2H3. The fourth-order valence-corrected chi connectivity index (χ4v) is 2.14. The second-order valence-corrected chi connectivity index (χ2v) is 4.30. The monoisotopic (exact) mass is 262 g/mol. The highest BCUT2D eigenvalue weighted by Crippen LogP contribution is 2.31. The second kappa shape index (κ2) is 5.73. The maximum Gasteiger partial charge on any atom is 0.265 e. The van der Waals surface area contributed by atoms with Gasteiger partial charge in [-0.25, -0.2) is 0 Å². The Labute approximate surface area is 112 Å². The van der Waals surface area contributed by atoms with Gasteiger partial charge in [0.2, 0.25) is 5.91 Å². The summed E-state index contributed by atoms with van der Waals surface area (Å²) in [4.78, 5) is 27.3. The van der Waals surface area contributed by atoms with Crippen molar-refractivity contribution >= 4 is 17.5 Å². The molecule has 0 aliphatic carbocycles. The molecule has 1 aromatic carbocycles. The molecule has 0 aromatic heterocycles. The first-order valence-electron chi connectivity index (χ1n) is 6.47. The van der Waals surface area contributed by atoms with E-state index in [4.69, 9.17) is 4.74 Å². The summed E-state index contributed by atoms with van der Waals surface area (Å²) >= 11 is 0. The largest absolute Gasteiger partial charge is 0.482 e. The van der Waals surface area contributed by atoms with E-state index in [0.29, 0.717) is 24.5 Å². The summed E-state index contributed by atoms with van der Waals surface area (Å²) < 4.78 is 5.34. The van der Waals surface area contributed by atoms with Gasteiger partial charge >= 0.3 is 0 Å². The van der Waals surface area contributed by atoms with E-state index in [1.165, 1.54) is 4.90 Å². The van der Waals surface area contributed by atoms with Gasteiger partial charge in [-0.2, -0.15) is 0 Å². The number of amides is 2. The Hall–Kier alpha value is -2.04. The summed E-state index contributed by atoms with van der Waals surface area (Å²) in [6, 6.07) is 7.27. The smallest absolute Gasteiger partial charge is 0.265 e. The first-order valence-corrected chi connectivity index (χ1v) is 6.47. The molecule has 0 fully saturated rings. The summed E-state index contributed by atoms with van der Waals surface area (Å²) in [5, 5.41) is 0. The van der Waals surface area contributed by atoms with E-state index in [9.17, 15) is 9.59 Å². The minimum atomic E-state index is -0.181. The molecular formula is C14H18N2O3. The van der Waals surface area contributed by atoms with E-state index in [1.54, 1.807) is 17.0 Å². The van der Waals surface area contributed by atoms with Gasteiger partial charge in [0.15, 0.2) is 6.61 Å². The van der Waals surface area contributed by atoms with Crippen molar-refractivity contribution in [3.05, 3.63) is 24.3 Å². The van der Waals surface area contributed by atoms with Crippen LogP contribution in [0.3, 0.4) is 0 Å². The lowest BCUT2D eigenvalue weighted by Gasteiger charge is -2.30. The van der Waals surface area contributed by atoms with Gasteiger partial charge in [0.1, 0.15) is 12.3 Å². The number of anilines is 1. The molecule has 0 bridgehead atoms. The van der Waals surface area contributed by atoms with Crippen LogP contribution in [0, 0.1) is 0 Å². The molecule has 0 atom stereocenters. The third-order valence-electron chi connectivity index (χ3n) is 3.22. The van der Waals surface area contributed by atoms with Gasteiger partial charge in [0.25, 0.3) is 5.91 Å². The van der Waals surface area contributed by atoms with E-state index in [0.717, 1.165) is 0 Å². The number of likely N-dealkylation sites (N-methyl/N-ethyl adjacent to an activating group) is 1. The van der Waals surface area contributed by atoms with Gasteiger partial charge in [-0.05, 0) is 26.0 Å². The van der Waals surface area contributed by atoms with Crippen LogP contribution < -0.4 is 9.64 Å². The lowest BCUT2D eigenvalue weighted by molar-refractivity contribution is -0.131. The lowest BCUT2D eigenvalue weighted by atomic mass is 10.2. The summed E-state index contributed by atoms with van der Waals surface area (Å²) in [5.74, 6) is 0.420. The molecule has 1 aliphatic heterocycles. The zero-order valence-electron chi connectivity index (χ0n) is 11.3. The molecule has 0 radical (unpaired) electrons. The topological polar surface area (TPSA) is 49.9 Å². The average molecular weight is 262 g/mol. The van der Waals surface area contributed by atoms with Crippen molar-refractivity contribution in [2.75, 3.05) is 31.1 Å². The van der Waals surface area contributed by atoms with Crippen LogP contribution in [0.15, 0.2) is 24.3 Å². The molecule has 1 aliphatic rings. The van der Waals surface area contributed by atoms with Crippen LogP contribution in [0.25, 0.3) is 0 Å². The Balaban J connectivity index is 2.20. The highest BCUT2D eigenvalue weighted by atomic mass is 16.5. The molecule has 5 nitrogen and oxygen atoms in total. The number of fused-ring (bicyclic) bond motifs is 1. The van der Waals surface area contributed by atoms with Crippen LogP contribution in [0.4, 0.5) is 5.69 Å². The van der Waals surface area contributed by atoms with Gasteiger partial charge in [-0.15, -0.1) is 0 Å². The number of ether oxygens (including phenoxy) is 1. The van der Waals surface area contributed by atoms with E-state index >= 15 is 0 Å². The molecule has 19 heavy (non-hydrogen) atoms. The molecule has 5 heteroatoms. The van der Waals surface area contributed by atoms with Crippen molar-refractivity contribution in [1.29, 1.82) is 0 Å². The van der Waals surface area contributed by atoms with Crippen molar-refractivity contribution in [2.24, 2.45) is 0 Å². The number of hydrogen-bond donors (Lipinski definition) is 0. The molecule has 0 saturated carbocycles. The molecular weight excluding hydrogens is 244 g/mol. The average Bonchev–Trinajstić information content (AvgIpc) is 2.43. The van der Waals surface area contributed by atoms with Crippen molar-refractivity contribution in [1.82, 2.24) is 4.90 Å². The molecule has 0 N–H and O–H groups in total. The predicted molar refractivity (Wildman–Crippen MR) is 72.2 cm³/mol. The fraction of sp³-hybridized carbons (Fsp3) is 0.429. The number of benzene rings is 1. The zero-order chi connectivity index (χ0) is 13.8. The SMILES string of the molecule is CCN(CC)C(=O)CN1C(=O)COc2ccccc21. The van der Waals surface area contributed by atoms with E-state index < -0.39 is 0 Å².